The van der Waals surface area contributed by atoms with Crippen molar-refractivity contribution in [3.8, 4) is 0 Å². The second-order valence-electron chi connectivity index (χ2n) is 5.74. The van der Waals surface area contributed by atoms with Crippen LogP contribution in [-0.2, 0) is 17.9 Å². The van der Waals surface area contributed by atoms with Crippen molar-refractivity contribution in [1.82, 2.24) is 19.9 Å². The lowest BCUT2D eigenvalue weighted by molar-refractivity contribution is -0.128. The van der Waals surface area contributed by atoms with E-state index in [1.54, 1.807) is 27.6 Å². The Morgan fingerprint density at radius 2 is 2.20 bits per heavy atom. The quantitative estimate of drug-likeness (QED) is 0.685. The van der Waals surface area contributed by atoms with E-state index >= 15 is 0 Å². The van der Waals surface area contributed by atoms with Crippen LogP contribution in [0.15, 0.2) is 53.3 Å². The molecule has 6 nitrogen and oxygen atoms in total. The molecule has 3 aromatic rings. The summed E-state index contributed by atoms with van der Waals surface area (Å²) in [5, 5.41) is 9.00. The minimum absolute atomic E-state index is 0.0794. The van der Waals surface area contributed by atoms with Gasteiger partial charge in [0.1, 0.15) is 16.8 Å². The van der Waals surface area contributed by atoms with Crippen LogP contribution in [0.2, 0.25) is 5.02 Å². The Hall–Kier alpha value is -2.25. The van der Waals surface area contributed by atoms with Crippen molar-refractivity contribution in [2.45, 2.75) is 18.5 Å². The third kappa shape index (κ3) is 3.57. The van der Waals surface area contributed by atoms with Crippen molar-refractivity contribution in [3.05, 3.63) is 70.9 Å². The minimum Gasteiger partial charge on any atom is -0.467 e. The number of hydrogen-bond acceptors (Lipinski definition) is 5. The first-order chi connectivity index (χ1) is 12.2. The summed E-state index contributed by atoms with van der Waals surface area (Å²) in [5.74, 6) is 1.27. The van der Waals surface area contributed by atoms with Crippen LogP contribution in [0.1, 0.15) is 22.4 Å². The monoisotopic (exact) mass is 374 g/mol. The predicted molar refractivity (Wildman–Crippen MR) is 95.0 cm³/mol. The SMILES string of the molecule is O=C1CS[C@@H](c2cn(Cc3cccc(Cl)c3)nn2)N1Cc1ccco1. The number of nitrogens with zero attached hydrogens (tertiary/aromatic N) is 4. The number of carbonyl (C=O) groups excluding carboxylic acids is 1. The van der Waals surface area contributed by atoms with E-state index in [0.29, 0.717) is 23.9 Å². The fourth-order valence-corrected chi connectivity index (χ4v) is 4.10. The summed E-state index contributed by atoms with van der Waals surface area (Å²) >= 11 is 7.57. The molecule has 8 heteroatoms. The molecule has 1 atom stereocenters. The molecule has 2 aromatic heterocycles. The third-order valence-corrected chi connectivity index (χ3v) is 5.38. The lowest BCUT2D eigenvalue weighted by Gasteiger charge is -2.20. The summed E-state index contributed by atoms with van der Waals surface area (Å²) in [6.07, 6.45) is 3.49. The number of halogens is 1. The Bertz CT molecular complexity index is 880. The second-order valence-corrected chi connectivity index (χ2v) is 7.24. The summed E-state index contributed by atoms with van der Waals surface area (Å²) in [4.78, 5) is 14.0. The number of aromatic nitrogens is 3. The van der Waals surface area contributed by atoms with Gasteiger partial charge < -0.3 is 9.32 Å². The van der Waals surface area contributed by atoms with Crippen LogP contribution in [0.4, 0.5) is 0 Å². The molecule has 1 fully saturated rings. The molecule has 1 amide bonds. The maximum absolute atomic E-state index is 12.2. The first-order valence-electron chi connectivity index (χ1n) is 7.77. The van der Waals surface area contributed by atoms with Gasteiger partial charge in [-0.25, -0.2) is 4.68 Å². The fourth-order valence-electron chi connectivity index (χ4n) is 2.77. The highest BCUT2D eigenvalue weighted by molar-refractivity contribution is 8.00. The predicted octanol–water partition coefficient (Wildman–Crippen LogP) is 3.35. The normalized spacial score (nSPS) is 17.4. The molecule has 1 aliphatic heterocycles. The van der Waals surface area contributed by atoms with Gasteiger partial charge in [0.2, 0.25) is 5.91 Å². The number of hydrogen-bond donors (Lipinski definition) is 0. The zero-order valence-electron chi connectivity index (χ0n) is 13.2. The molecule has 0 unspecified atom stereocenters. The van der Waals surface area contributed by atoms with Crippen LogP contribution in [0.5, 0.6) is 0 Å². The van der Waals surface area contributed by atoms with E-state index < -0.39 is 0 Å². The van der Waals surface area contributed by atoms with Crippen LogP contribution < -0.4 is 0 Å². The minimum atomic E-state index is -0.147. The molecule has 1 aliphatic rings. The van der Waals surface area contributed by atoms with Crippen molar-refractivity contribution in [3.63, 3.8) is 0 Å². The number of carbonyl (C=O) groups is 1. The van der Waals surface area contributed by atoms with Crippen molar-refractivity contribution in [1.29, 1.82) is 0 Å². The Kier molecular flexibility index (Phi) is 4.50. The lowest BCUT2D eigenvalue weighted by Crippen LogP contribution is -2.27. The molecule has 25 heavy (non-hydrogen) atoms. The summed E-state index contributed by atoms with van der Waals surface area (Å²) in [6.45, 7) is 1.02. The molecule has 0 aliphatic carbocycles. The Balaban J connectivity index is 1.51. The van der Waals surface area contributed by atoms with Crippen LogP contribution in [0.3, 0.4) is 0 Å². The average molecular weight is 375 g/mol. The molecule has 0 radical (unpaired) electrons. The van der Waals surface area contributed by atoms with Crippen LogP contribution >= 0.6 is 23.4 Å². The van der Waals surface area contributed by atoms with Gasteiger partial charge >= 0.3 is 0 Å². The summed E-state index contributed by atoms with van der Waals surface area (Å²) in [5.41, 5.74) is 1.82. The number of amides is 1. The van der Waals surface area contributed by atoms with Crippen molar-refractivity contribution in [2.75, 3.05) is 5.75 Å². The second kappa shape index (κ2) is 6.93. The average Bonchev–Trinajstić information content (AvgIpc) is 3.31. The molecule has 0 spiro atoms. The highest BCUT2D eigenvalue weighted by Crippen LogP contribution is 2.38. The molecule has 1 aromatic carbocycles. The Morgan fingerprint density at radius 3 is 3.00 bits per heavy atom. The molecule has 4 rings (SSSR count). The fraction of sp³-hybridized carbons (Fsp3) is 0.235. The smallest absolute Gasteiger partial charge is 0.234 e. The van der Waals surface area contributed by atoms with Crippen LogP contribution in [0, 0.1) is 0 Å². The van der Waals surface area contributed by atoms with E-state index in [1.165, 1.54) is 0 Å². The third-order valence-electron chi connectivity index (χ3n) is 3.92. The van der Waals surface area contributed by atoms with E-state index in [-0.39, 0.29) is 11.3 Å². The number of rotatable bonds is 5. The lowest BCUT2D eigenvalue weighted by atomic mass is 10.2. The van der Waals surface area contributed by atoms with Crippen molar-refractivity contribution in [2.24, 2.45) is 0 Å². The van der Waals surface area contributed by atoms with Gasteiger partial charge in [-0.1, -0.05) is 28.9 Å². The van der Waals surface area contributed by atoms with E-state index in [4.69, 9.17) is 16.0 Å². The number of benzene rings is 1. The van der Waals surface area contributed by atoms with Crippen LogP contribution in [-0.4, -0.2) is 31.6 Å². The molecular weight excluding hydrogens is 360 g/mol. The zero-order valence-corrected chi connectivity index (χ0v) is 14.8. The van der Waals surface area contributed by atoms with E-state index in [9.17, 15) is 4.79 Å². The van der Waals surface area contributed by atoms with Gasteiger partial charge in [0, 0.05) is 5.02 Å². The van der Waals surface area contributed by atoms with Crippen molar-refractivity contribution < 1.29 is 9.21 Å². The van der Waals surface area contributed by atoms with Gasteiger partial charge in [0.05, 0.1) is 31.3 Å². The zero-order chi connectivity index (χ0) is 17.2. The van der Waals surface area contributed by atoms with Gasteiger partial charge in [0.25, 0.3) is 0 Å². The first-order valence-corrected chi connectivity index (χ1v) is 9.19. The van der Waals surface area contributed by atoms with Gasteiger partial charge in [-0.05, 0) is 29.8 Å². The largest absolute Gasteiger partial charge is 0.467 e. The standard InChI is InChI=1S/C17H15ClN4O2S/c18-13-4-1-3-12(7-13)8-21-10-15(19-20-21)17-22(16(23)11-25-17)9-14-5-2-6-24-14/h1-7,10,17H,8-9,11H2/t17-/m0/s1. The van der Waals surface area contributed by atoms with E-state index in [0.717, 1.165) is 17.0 Å². The topological polar surface area (TPSA) is 64.2 Å². The highest BCUT2D eigenvalue weighted by Gasteiger charge is 2.35. The van der Waals surface area contributed by atoms with Gasteiger partial charge in [-0.3, -0.25) is 4.79 Å². The number of furan rings is 1. The van der Waals surface area contributed by atoms with E-state index in [1.807, 2.05) is 42.6 Å². The molecule has 3 heterocycles. The highest BCUT2D eigenvalue weighted by atomic mass is 35.5. The van der Waals surface area contributed by atoms with Crippen molar-refractivity contribution >= 4 is 29.3 Å². The molecular formula is C17H15ClN4O2S. The molecule has 0 bridgehead atoms. The van der Waals surface area contributed by atoms with Gasteiger partial charge in [-0.15, -0.1) is 16.9 Å². The summed E-state index contributed by atoms with van der Waals surface area (Å²) < 4.78 is 7.13. The first kappa shape index (κ1) is 16.2. The number of thioether (sulfide) groups is 1. The Labute approximate surface area is 153 Å². The molecule has 1 saturated heterocycles. The molecule has 128 valence electrons. The maximum atomic E-state index is 12.2. The summed E-state index contributed by atoms with van der Waals surface area (Å²) in [7, 11) is 0. The maximum Gasteiger partial charge on any atom is 0.234 e. The van der Waals surface area contributed by atoms with E-state index in [2.05, 4.69) is 10.3 Å². The molecule has 0 N–H and O–H groups in total. The summed E-state index contributed by atoms with van der Waals surface area (Å²) in [6, 6.07) is 11.3. The molecule has 0 saturated carbocycles. The van der Waals surface area contributed by atoms with Crippen LogP contribution in [0.25, 0.3) is 0 Å². The van der Waals surface area contributed by atoms with Gasteiger partial charge in [0.15, 0.2) is 0 Å². The van der Waals surface area contributed by atoms with Gasteiger partial charge in [-0.2, -0.15) is 0 Å². The Morgan fingerprint density at radius 1 is 1.28 bits per heavy atom.